The van der Waals surface area contributed by atoms with E-state index in [0.29, 0.717) is 5.65 Å². The Morgan fingerprint density at radius 1 is 1.23 bits per heavy atom. The summed E-state index contributed by atoms with van der Waals surface area (Å²) in [5.74, 6) is -2.13. The van der Waals surface area contributed by atoms with Crippen LogP contribution in [0.15, 0.2) is 47.4 Å². The second kappa shape index (κ2) is 5.40. The number of carbonyl (C=O) groups is 1. The molecule has 3 aromatic rings. The number of hydrogen-bond donors (Lipinski definition) is 1. The Morgan fingerprint density at radius 2 is 2.05 bits per heavy atom. The van der Waals surface area contributed by atoms with Crippen molar-refractivity contribution in [3.8, 4) is 0 Å². The molecule has 1 amide bonds. The number of pyridine rings is 1. The number of nitrogens with zero attached hydrogens (tertiary/aromatic N) is 3. The lowest BCUT2D eigenvalue weighted by Crippen LogP contribution is -2.28. The molecule has 3 rings (SSSR count). The van der Waals surface area contributed by atoms with Gasteiger partial charge in [0, 0.05) is 12.3 Å². The molecule has 0 unspecified atom stereocenters. The van der Waals surface area contributed by atoms with Crippen molar-refractivity contribution in [2.75, 3.05) is 5.32 Å². The summed E-state index contributed by atoms with van der Waals surface area (Å²) in [7, 11) is 0. The molecule has 1 aromatic carbocycles. The number of amides is 1. The van der Waals surface area contributed by atoms with Gasteiger partial charge in [-0.3, -0.25) is 9.20 Å². The zero-order valence-electron chi connectivity index (χ0n) is 11.2. The number of fused-ring (bicyclic) bond motifs is 1. The second-order valence-electron chi connectivity index (χ2n) is 4.54. The Kier molecular flexibility index (Phi) is 3.42. The van der Waals surface area contributed by atoms with Crippen LogP contribution in [0.5, 0.6) is 0 Å². The van der Waals surface area contributed by atoms with Crippen LogP contribution < -0.4 is 11.0 Å². The van der Waals surface area contributed by atoms with E-state index in [1.54, 1.807) is 18.2 Å². The van der Waals surface area contributed by atoms with Gasteiger partial charge in [-0.15, -0.1) is 5.10 Å². The maximum Gasteiger partial charge on any atom is 0.350 e. The fourth-order valence-corrected chi connectivity index (χ4v) is 1.99. The topological polar surface area (TPSA) is 68.4 Å². The van der Waals surface area contributed by atoms with Crippen LogP contribution in [0, 0.1) is 11.6 Å². The summed E-state index contributed by atoms with van der Waals surface area (Å²) in [6.07, 6.45) is 1.52. The van der Waals surface area contributed by atoms with Gasteiger partial charge in [0.2, 0.25) is 5.91 Å². The van der Waals surface area contributed by atoms with Crippen molar-refractivity contribution in [1.82, 2.24) is 14.2 Å². The van der Waals surface area contributed by atoms with Crippen LogP contribution in [-0.4, -0.2) is 20.1 Å². The third-order valence-electron chi connectivity index (χ3n) is 2.98. The lowest BCUT2D eigenvalue weighted by Gasteiger charge is -2.05. The molecular weight excluding hydrogens is 294 g/mol. The normalized spacial score (nSPS) is 10.8. The maximum absolute atomic E-state index is 13.4. The molecule has 0 saturated carbocycles. The van der Waals surface area contributed by atoms with E-state index in [9.17, 15) is 18.4 Å². The number of hydrogen-bond acceptors (Lipinski definition) is 3. The van der Waals surface area contributed by atoms with Gasteiger partial charge in [-0.05, 0) is 24.3 Å². The van der Waals surface area contributed by atoms with E-state index in [1.165, 1.54) is 10.6 Å². The third-order valence-corrected chi connectivity index (χ3v) is 2.98. The Hall–Kier alpha value is -3.03. The Morgan fingerprint density at radius 3 is 2.82 bits per heavy atom. The van der Waals surface area contributed by atoms with Crippen molar-refractivity contribution >= 4 is 17.2 Å². The first kappa shape index (κ1) is 13.9. The monoisotopic (exact) mass is 304 g/mol. The van der Waals surface area contributed by atoms with E-state index < -0.39 is 29.8 Å². The van der Waals surface area contributed by atoms with E-state index in [2.05, 4.69) is 10.4 Å². The summed E-state index contributed by atoms with van der Waals surface area (Å²) in [6.45, 7) is -0.406. The Bertz CT molecular complexity index is 917. The summed E-state index contributed by atoms with van der Waals surface area (Å²) in [5, 5.41) is 6.18. The smallest absolute Gasteiger partial charge is 0.322 e. The SMILES string of the molecule is O=C(Cn1nc2ccccn2c1=O)Nc1cc(F)ccc1F. The van der Waals surface area contributed by atoms with E-state index in [0.717, 1.165) is 22.9 Å². The van der Waals surface area contributed by atoms with Gasteiger partial charge in [0.25, 0.3) is 0 Å². The molecule has 22 heavy (non-hydrogen) atoms. The van der Waals surface area contributed by atoms with Gasteiger partial charge in [-0.1, -0.05) is 6.07 Å². The first-order chi connectivity index (χ1) is 10.5. The zero-order valence-corrected chi connectivity index (χ0v) is 11.2. The summed E-state index contributed by atoms with van der Waals surface area (Å²) >= 11 is 0. The number of aromatic nitrogens is 3. The van der Waals surface area contributed by atoms with Crippen LogP contribution in [0.4, 0.5) is 14.5 Å². The van der Waals surface area contributed by atoms with Crippen LogP contribution in [0.2, 0.25) is 0 Å². The van der Waals surface area contributed by atoms with E-state index in [4.69, 9.17) is 0 Å². The van der Waals surface area contributed by atoms with Crippen molar-refractivity contribution in [2.45, 2.75) is 6.54 Å². The van der Waals surface area contributed by atoms with Gasteiger partial charge in [-0.25, -0.2) is 18.3 Å². The highest BCUT2D eigenvalue weighted by Gasteiger charge is 2.12. The molecule has 8 heteroatoms. The number of benzene rings is 1. The molecule has 0 atom stereocenters. The fraction of sp³-hybridized carbons (Fsp3) is 0.0714. The highest BCUT2D eigenvalue weighted by atomic mass is 19.1. The minimum atomic E-state index is -0.767. The molecule has 112 valence electrons. The number of rotatable bonds is 3. The first-order valence-electron chi connectivity index (χ1n) is 6.34. The van der Waals surface area contributed by atoms with Crippen LogP contribution in [0.3, 0.4) is 0 Å². The fourth-order valence-electron chi connectivity index (χ4n) is 1.99. The average molecular weight is 304 g/mol. The van der Waals surface area contributed by atoms with Gasteiger partial charge in [0.05, 0.1) is 5.69 Å². The summed E-state index contributed by atoms with van der Waals surface area (Å²) < 4.78 is 28.7. The molecule has 0 bridgehead atoms. The molecule has 1 N–H and O–H groups in total. The molecular formula is C14H10F2N4O2. The molecule has 0 fully saturated rings. The van der Waals surface area contributed by atoms with Crippen LogP contribution in [0.1, 0.15) is 0 Å². The summed E-state index contributed by atoms with van der Waals surface area (Å²) in [6, 6.07) is 7.68. The van der Waals surface area contributed by atoms with Crippen molar-refractivity contribution in [1.29, 1.82) is 0 Å². The number of carbonyl (C=O) groups excluding carboxylic acids is 1. The predicted molar refractivity (Wildman–Crippen MR) is 74.4 cm³/mol. The van der Waals surface area contributed by atoms with Gasteiger partial charge in [0.15, 0.2) is 5.65 Å². The van der Waals surface area contributed by atoms with E-state index in [-0.39, 0.29) is 5.69 Å². The first-order valence-corrected chi connectivity index (χ1v) is 6.34. The van der Waals surface area contributed by atoms with Crippen LogP contribution in [0.25, 0.3) is 5.65 Å². The molecule has 0 saturated heterocycles. The van der Waals surface area contributed by atoms with Crippen LogP contribution >= 0.6 is 0 Å². The molecule has 0 radical (unpaired) electrons. The molecule has 0 aliphatic rings. The quantitative estimate of drug-likeness (QED) is 0.795. The van der Waals surface area contributed by atoms with Crippen molar-refractivity contribution < 1.29 is 13.6 Å². The number of nitrogens with one attached hydrogen (secondary N) is 1. The van der Waals surface area contributed by atoms with Crippen molar-refractivity contribution in [3.63, 3.8) is 0 Å². The zero-order chi connectivity index (χ0) is 15.7. The number of anilines is 1. The van der Waals surface area contributed by atoms with Crippen molar-refractivity contribution in [3.05, 3.63) is 64.7 Å². The third kappa shape index (κ3) is 2.58. The molecule has 2 aromatic heterocycles. The minimum absolute atomic E-state index is 0.290. The second-order valence-corrected chi connectivity index (χ2v) is 4.54. The molecule has 0 aliphatic carbocycles. The van der Waals surface area contributed by atoms with Crippen LogP contribution in [-0.2, 0) is 11.3 Å². The standard InChI is InChI=1S/C14H10F2N4O2/c15-9-4-5-10(16)11(7-9)17-13(21)8-20-14(22)19-6-2-1-3-12(19)18-20/h1-7H,8H2,(H,17,21). The highest BCUT2D eigenvalue weighted by molar-refractivity contribution is 5.90. The lowest BCUT2D eigenvalue weighted by atomic mass is 10.3. The lowest BCUT2D eigenvalue weighted by molar-refractivity contribution is -0.117. The van der Waals surface area contributed by atoms with Gasteiger partial charge < -0.3 is 5.32 Å². The van der Waals surface area contributed by atoms with Gasteiger partial charge >= 0.3 is 5.69 Å². The highest BCUT2D eigenvalue weighted by Crippen LogP contribution is 2.15. The molecule has 0 spiro atoms. The minimum Gasteiger partial charge on any atom is -0.322 e. The number of halogens is 2. The molecule has 0 aliphatic heterocycles. The summed E-state index contributed by atoms with van der Waals surface area (Å²) in [5.41, 5.74) is -0.399. The molecule has 6 nitrogen and oxygen atoms in total. The van der Waals surface area contributed by atoms with E-state index in [1.807, 2.05) is 0 Å². The maximum atomic E-state index is 13.4. The summed E-state index contributed by atoms with van der Waals surface area (Å²) in [4.78, 5) is 23.9. The Balaban J connectivity index is 1.83. The van der Waals surface area contributed by atoms with Gasteiger partial charge in [0.1, 0.15) is 18.2 Å². The van der Waals surface area contributed by atoms with E-state index >= 15 is 0 Å². The van der Waals surface area contributed by atoms with Crippen molar-refractivity contribution in [2.24, 2.45) is 0 Å². The average Bonchev–Trinajstić information content (AvgIpc) is 2.80. The predicted octanol–water partition coefficient (Wildman–Crippen LogP) is 1.41. The Labute approximate surface area is 122 Å². The molecule has 2 heterocycles. The largest absolute Gasteiger partial charge is 0.350 e. The van der Waals surface area contributed by atoms with Gasteiger partial charge in [-0.2, -0.15) is 0 Å².